The number of carbonyl (C=O) groups is 1. The first kappa shape index (κ1) is 23.0. The molecule has 0 atom stereocenters. The maximum absolute atomic E-state index is 12.3. The second-order valence-corrected chi connectivity index (χ2v) is 7.17. The molecule has 0 bridgehead atoms. The molecule has 0 heterocycles. The summed E-state index contributed by atoms with van der Waals surface area (Å²) in [5, 5.41) is 18.0. The summed E-state index contributed by atoms with van der Waals surface area (Å²) in [6, 6.07) is 15.0. The van der Waals surface area contributed by atoms with Crippen molar-refractivity contribution < 1.29 is 14.3 Å². The molecule has 0 aromatic heterocycles. The summed E-state index contributed by atoms with van der Waals surface area (Å²) in [7, 11) is 0. The van der Waals surface area contributed by atoms with Gasteiger partial charge in [0, 0.05) is 6.07 Å². The van der Waals surface area contributed by atoms with Crippen molar-refractivity contribution in [3.63, 3.8) is 0 Å². The highest BCUT2D eigenvalue weighted by Gasteiger charge is 2.11. The molecular formula is C25H28N2O3. The maximum Gasteiger partial charge on any atom is 0.343 e. The summed E-state index contributed by atoms with van der Waals surface area (Å²) in [5.41, 5.74) is 0.806. The van der Waals surface area contributed by atoms with Crippen LogP contribution in [-0.4, -0.2) is 12.6 Å². The van der Waals surface area contributed by atoms with Crippen LogP contribution in [0.4, 0.5) is 0 Å². The monoisotopic (exact) mass is 404 g/mol. The molecule has 0 unspecified atom stereocenters. The Balaban J connectivity index is 1.74. The first-order chi connectivity index (χ1) is 14.7. The van der Waals surface area contributed by atoms with Crippen LogP contribution in [0.2, 0.25) is 0 Å². The third-order valence-electron chi connectivity index (χ3n) is 4.80. The van der Waals surface area contributed by atoms with Crippen LogP contribution >= 0.6 is 0 Å². The van der Waals surface area contributed by atoms with E-state index in [0.717, 1.165) is 12.2 Å². The van der Waals surface area contributed by atoms with E-state index in [4.69, 9.17) is 20.0 Å². The highest BCUT2D eigenvalue weighted by Crippen LogP contribution is 2.19. The van der Waals surface area contributed by atoms with E-state index < -0.39 is 5.97 Å². The van der Waals surface area contributed by atoms with Crippen molar-refractivity contribution in [1.82, 2.24) is 0 Å². The predicted molar refractivity (Wildman–Crippen MR) is 115 cm³/mol. The van der Waals surface area contributed by atoms with Gasteiger partial charge in [-0.2, -0.15) is 10.5 Å². The van der Waals surface area contributed by atoms with Crippen molar-refractivity contribution in [2.24, 2.45) is 0 Å². The molecule has 2 rings (SSSR count). The molecule has 5 heteroatoms. The summed E-state index contributed by atoms with van der Waals surface area (Å²) in [4.78, 5) is 12.3. The lowest BCUT2D eigenvalue weighted by Crippen LogP contribution is -2.08. The van der Waals surface area contributed by atoms with Crippen molar-refractivity contribution in [3.05, 3.63) is 59.2 Å². The zero-order chi connectivity index (χ0) is 21.6. The van der Waals surface area contributed by atoms with E-state index in [2.05, 4.69) is 6.92 Å². The fraction of sp³-hybridized carbons (Fsp3) is 0.400. The molecule has 0 saturated heterocycles. The van der Waals surface area contributed by atoms with Gasteiger partial charge >= 0.3 is 5.97 Å². The molecule has 30 heavy (non-hydrogen) atoms. The molecule has 5 nitrogen and oxygen atoms in total. The molecule has 0 aliphatic carbocycles. The third kappa shape index (κ3) is 7.60. The summed E-state index contributed by atoms with van der Waals surface area (Å²) in [5.74, 6) is 0.420. The average Bonchev–Trinajstić information content (AvgIpc) is 2.78. The molecule has 156 valence electrons. The number of carbonyl (C=O) groups excluding carboxylic acids is 1. The molecule has 0 aliphatic heterocycles. The van der Waals surface area contributed by atoms with Crippen LogP contribution in [-0.2, 0) is 0 Å². The Morgan fingerprint density at radius 3 is 2.03 bits per heavy atom. The van der Waals surface area contributed by atoms with Crippen LogP contribution in [0.5, 0.6) is 11.5 Å². The molecule has 2 aromatic rings. The van der Waals surface area contributed by atoms with Crippen molar-refractivity contribution in [1.29, 1.82) is 10.5 Å². The molecule has 0 aliphatic rings. The van der Waals surface area contributed by atoms with E-state index in [9.17, 15) is 4.79 Å². The van der Waals surface area contributed by atoms with Gasteiger partial charge in [-0.05, 0) is 42.8 Å². The van der Waals surface area contributed by atoms with Crippen molar-refractivity contribution in [2.75, 3.05) is 6.61 Å². The summed E-state index contributed by atoms with van der Waals surface area (Å²) in [6.45, 7) is 2.90. The summed E-state index contributed by atoms with van der Waals surface area (Å²) >= 11 is 0. The Bertz CT molecular complexity index is 892. The fourth-order valence-corrected chi connectivity index (χ4v) is 3.06. The zero-order valence-electron chi connectivity index (χ0n) is 17.5. The highest BCUT2D eigenvalue weighted by molar-refractivity contribution is 5.91. The topological polar surface area (TPSA) is 83.1 Å². The molecular weight excluding hydrogens is 376 g/mol. The number of nitriles is 2. The van der Waals surface area contributed by atoms with Crippen LogP contribution < -0.4 is 9.47 Å². The first-order valence-corrected chi connectivity index (χ1v) is 10.6. The van der Waals surface area contributed by atoms with E-state index in [-0.39, 0.29) is 16.9 Å². The number of ether oxygens (including phenoxy) is 2. The quantitative estimate of drug-likeness (QED) is 0.240. The van der Waals surface area contributed by atoms with Crippen LogP contribution in [0, 0.1) is 22.7 Å². The highest BCUT2D eigenvalue weighted by atomic mass is 16.5. The van der Waals surface area contributed by atoms with Crippen LogP contribution in [0.25, 0.3) is 0 Å². The maximum atomic E-state index is 12.3. The largest absolute Gasteiger partial charge is 0.494 e. The van der Waals surface area contributed by atoms with Gasteiger partial charge in [0.25, 0.3) is 0 Å². The molecule has 0 N–H and O–H groups in total. The molecule has 2 aromatic carbocycles. The van der Waals surface area contributed by atoms with Gasteiger partial charge < -0.3 is 9.47 Å². The second kappa shape index (κ2) is 13.0. The lowest BCUT2D eigenvalue weighted by Gasteiger charge is -2.08. The average molecular weight is 405 g/mol. The van der Waals surface area contributed by atoms with Gasteiger partial charge in [-0.1, -0.05) is 51.9 Å². The molecule has 0 fully saturated rings. The Labute approximate surface area is 178 Å². The van der Waals surface area contributed by atoms with Crippen molar-refractivity contribution in [2.45, 2.75) is 58.3 Å². The first-order valence-electron chi connectivity index (χ1n) is 10.6. The third-order valence-corrected chi connectivity index (χ3v) is 4.80. The SMILES string of the molecule is CCCCCCCCCCOc1ccc(C(=O)Oc2ccc(C#N)c(C#N)c2)cc1. The predicted octanol–water partition coefficient (Wildman–Crippen LogP) is 6.17. The summed E-state index contributed by atoms with van der Waals surface area (Å²) in [6.07, 6.45) is 10.0. The van der Waals surface area contributed by atoms with Gasteiger partial charge in [0.1, 0.15) is 23.6 Å². The second-order valence-electron chi connectivity index (χ2n) is 7.17. The number of benzene rings is 2. The lowest BCUT2D eigenvalue weighted by molar-refractivity contribution is 0.0734. The van der Waals surface area contributed by atoms with Crippen LogP contribution in [0.15, 0.2) is 42.5 Å². The zero-order valence-corrected chi connectivity index (χ0v) is 17.5. The van der Waals surface area contributed by atoms with Gasteiger partial charge in [0.2, 0.25) is 0 Å². The van der Waals surface area contributed by atoms with Crippen LogP contribution in [0.3, 0.4) is 0 Å². The molecule has 0 amide bonds. The van der Waals surface area contributed by atoms with E-state index in [0.29, 0.717) is 12.2 Å². The Kier molecular flexibility index (Phi) is 9.97. The standard InChI is InChI=1S/C25H28N2O3/c1-2-3-4-5-6-7-8-9-16-29-23-13-10-20(11-14-23)25(28)30-24-15-12-21(18-26)22(17-24)19-27/h10-15,17H,2-9,16H2,1H3. The number of hydrogen-bond acceptors (Lipinski definition) is 5. The fourth-order valence-electron chi connectivity index (χ4n) is 3.06. The van der Waals surface area contributed by atoms with Gasteiger partial charge in [-0.25, -0.2) is 4.79 Å². The number of unbranched alkanes of at least 4 members (excludes halogenated alkanes) is 7. The van der Waals surface area contributed by atoms with E-state index >= 15 is 0 Å². The van der Waals surface area contributed by atoms with E-state index in [1.54, 1.807) is 24.3 Å². The number of esters is 1. The van der Waals surface area contributed by atoms with Gasteiger partial charge in [-0.3, -0.25) is 0 Å². The van der Waals surface area contributed by atoms with E-state index in [1.807, 2.05) is 12.1 Å². The minimum Gasteiger partial charge on any atom is -0.494 e. The molecule has 0 radical (unpaired) electrons. The number of hydrogen-bond donors (Lipinski definition) is 0. The Morgan fingerprint density at radius 2 is 1.40 bits per heavy atom. The smallest absolute Gasteiger partial charge is 0.343 e. The van der Waals surface area contributed by atoms with Crippen LogP contribution in [0.1, 0.15) is 79.8 Å². The molecule has 0 saturated carbocycles. The van der Waals surface area contributed by atoms with Crippen molar-refractivity contribution >= 4 is 5.97 Å². The van der Waals surface area contributed by atoms with Gasteiger partial charge in [0.15, 0.2) is 0 Å². The number of rotatable bonds is 12. The Hall–Kier alpha value is -3.31. The minimum atomic E-state index is -0.529. The minimum absolute atomic E-state index is 0.174. The van der Waals surface area contributed by atoms with E-state index in [1.165, 1.54) is 63.1 Å². The van der Waals surface area contributed by atoms with Gasteiger partial charge in [-0.15, -0.1) is 0 Å². The van der Waals surface area contributed by atoms with Crippen molar-refractivity contribution in [3.8, 4) is 23.6 Å². The normalized spacial score (nSPS) is 10.1. The van der Waals surface area contributed by atoms with Gasteiger partial charge in [0.05, 0.1) is 23.3 Å². The summed E-state index contributed by atoms with van der Waals surface area (Å²) < 4.78 is 11.0. The molecule has 0 spiro atoms. The Morgan fingerprint density at radius 1 is 0.800 bits per heavy atom. The number of nitrogens with zero attached hydrogens (tertiary/aromatic N) is 2. The lowest BCUT2D eigenvalue weighted by atomic mass is 10.1.